The van der Waals surface area contributed by atoms with Gasteiger partial charge < -0.3 is 10.6 Å². The Bertz CT molecular complexity index is 647. The molecule has 1 rings (SSSR count). The minimum absolute atomic E-state index is 0.0796. The number of para-hydroxylation sites is 1. The van der Waals surface area contributed by atoms with Crippen molar-refractivity contribution >= 4 is 46.7 Å². The molecule has 0 aliphatic rings. The molecule has 144 valence electrons. The van der Waals surface area contributed by atoms with Crippen molar-refractivity contribution in [1.29, 1.82) is 0 Å². The quantitative estimate of drug-likeness (QED) is 0.653. The van der Waals surface area contributed by atoms with Crippen LogP contribution in [0.25, 0.3) is 0 Å². The molecular weight excluding hydrogens is 379 g/mol. The van der Waals surface area contributed by atoms with Crippen LogP contribution in [-0.4, -0.2) is 48.9 Å². The fourth-order valence-corrected chi connectivity index (χ4v) is 2.41. The summed E-state index contributed by atoms with van der Waals surface area (Å²) in [7, 11) is 1.60. The number of hydrogen-bond donors (Lipinski definition) is 3. The molecular formula is C17H24Cl2N4O3. The highest BCUT2D eigenvalue weighted by Gasteiger charge is 2.22. The first-order valence-electron chi connectivity index (χ1n) is 8.14. The van der Waals surface area contributed by atoms with E-state index in [4.69, 9.17) is 23.2 Å². The molecule has 0 radical (unpaired) electrons. The van der Waals surface area contributed by atoms with Crippen molar-refractivity contribution in [2.45, 2.75) is 26.8 Å². The number of imide groups is 1. The Hall–Kier alpha value is -1.83. The number of amides is 4. The fourth-order valence-electron chi connectivity index (χ4n) is 1.92. The summed E-state index contributed by atoms with van der Waals surface area (Å²) in [5, 5.41) is 8.11. The van der Waals surface area contributed by atoms with Gasteiger partial charge >= 0.3 is 6.03 Å². The molecule has 1 aromatic rings. The Labute approximate surface area is 163 Å². The van der Waals surface area contributed by atoms with Crippen LogP contribution in [0.1, 0.15) is 20.8 Å². The lowest BCUT2D eigenvalue weighted by atomic mass is 10.2. The van der Waals surface area contributed by atoms with Crippen molar-refractivity contribution in [2.24, 2.45) is 5.92 Å². The minimum Gasteiger partial charge on any atom is -0.338 e. The van der Waals surface area contributed by atoms with Gasteiger partial charge in [-0.05, 0) is 32.0 Å². The highest BCUT2D eigenvalue weighted by Crippen LogP contribution is 2.29. The van der Waals surface area contributed by atoms with Gasteiger partial charge in [0.25, 0.3) is 0 Å². The lowest BCUT2D eigenvalue weighted by Gasteiger charge is -2.23. The standard InChI is InChI=1S/C17H24Cl2N4O3/c1-10(2)8-20-17(26)22-16(25)11(3)23(4)9-14(24)21-15-12(18)6-5-7-13(15)19/h5-7,10-11H,8-9H2,1-4H3,(H,21,24)(H2,20,22,25,26). The normalized spacial score (nSPS) is 12.0. The topological polar surface area (TPSA) is 90.5 Å². The van der Waals surface area contributed by atoms with E-state index in [1.54, 1.807) is 32.2 Å². The molecule has 7 nitrogen and oxygen atoms in total. The highest BCUT2D eigenvalue weighted by atomic mass is 35.5. The first kappa shape index (κ1) is 22.2. The molecule has 1 aromatic carbocycles. The molecule has 0 saturated heterocycles. The number of rotatable bonds is 7. The van der Waals surface area contributed by atoms with E-state index >= 15 is 0 Å². The number of urea groups is 1. The number of benzene rings is 1. The summed E-state index contributed by atoms with van der Waals surface area (Å²) in [6, 6.07) is 3.64. The van der Waals surface area contributed by atoms with Gasteiger partial charge in [0.2, 0.25) is 11.8 Å². The SMILES string of the molecule is CC(C)CNC(=O)NC(=O)C(C)N(C)CC(=O)Nc1c(Cl)cccc1Cl. The van der Waals surface area contributed by atoms with E-state index in [2.05, 4.69) is 16.0 Å². The van der Waals surface area contributed by atoms with Crippen LogP contribution in [-0.2, 0) is 9.59 Å². The second-order valence-electron chi connectivity index (χ2n) is 6.33. The molecule has 0 aliphatic carbocycles. The largest absolute Gasteiger partial charge is 0.338 e. The zero-order valence-corrected chi connectivity index (χ0v) is 16.7. The summed E-state index contributed by atoms with van der Waals surface area (Å²) in [5.41, 5.74) is 0.319. The number of halogens is 2. The molecule has 0 fully saturated rings. The van der Waals surface area contributed by atoms with Gasteiger partial charge in [0, 0.05) is 6.54 Å². The van der Waals surface area contributed by atoms with Crippen LogP contribution in [0.4, 0.5) is 10.5 Å². The van der Waals surface area contributed by atoms with Crippen LogP contribution in [0.3, 0.4) is 0 Å². The number of nitrogens with one attached hydrogen (secondary N) is 3. The van der Waals surface area contributed by atoms with Crippen molar-refractivity contribution in [2.75, 3.05) is 25.5 Å². The lowest BCUT2D eigenvalue weighted by molar-refractivity contribution is -0.125. The molecule has 0 spiro atoms. The maximum absolute atomic E-state index is 12.2. The first-order valence-corrected chi connectivity index (χ1v) is 8.90. The van der Waals surface area contributed by atoms with Crippen molar-refractivity contribution in [3.8, 4) is 0 Å². The first-order chi connectivity index (χ1) is 12.1. The number of carbonyl (C=O) groups is 3. The zero-order valence-electron chi connectivity index (χ0n) is 15.2. The number of hydrogen-bond acceptors (Lipinski definition) is 4. The summed E-state index contributed by atoms with van der Waals surface area (Å²) >= 11 is 12.0. The summed E-state index contributed by atoms with van der Waals surface area (Å²) < 4.78 is 0. The smallest absolute Gasteiger partial charge is 0.321 e. The molecule has 0 saturated carbocycles. The van der Waals surface area contributed by atoms with E-state index in [-0.39, 0.29) is 18.4 Å². The summed E-state index contributed by atoms with van der Waals surface area (Å²) in [6.45, 7) is 5.87. The van der Waals surface area contributed by atoms with E-state index in [1.807, 2.05) is 13.8 Å². The van der Waals surface area contributed by atoms with Gasteiger partial charge in [-0.2, -0.15) is 0 Å². The molecule has 0 aliphatic heterocycles. The van der Waals surface area contributed by atoms with Gasteiger partial charge in [-0.3, -0.25) is 19.8 Å². The molecule has 9 heteroatoms. The van der Waals surface area contributed by atoms with Crippen molar-refractivity contribution in [3.05, 3.63) is 28.2 Å². The Morgan fingerprint density at radius 2 is 1.69 bits per heavy atom. The predicted octanol–water partition coefficient (Wildman–Crippen LogP) is 2.73. The summed E-state index contributed by atoms with van der Waals surface area (Å²) in [4.78, 5) is 37.4. The maximum atomic E-state index is 12.2. The van der Waals surface area contributed by atoms with Crippen LogP contribution in [0, 0.1) is 5.92 Å². The van der Waals surface area contributed by atoms with E-state index in [9.17, 15) is 14.4 Å². The van der Waals surface area contributed by atoms with Gasteiger partial charge in [-0.15, -0.1) is 0 Å². The van der Waals surface area contributed by atoms with Crippen molar-refractivity contribution in [1.82, 2.24) is 15.5 Å². The third kappa shape index (κ3) is 7.19. The Balaban J connectivity index is 2.55. The van der Waals surface area contributed by atoms with Gasteiger partial charge in [0.05, 0.1) is 28.3 Å². The van der Waals surface area contributed by atoms with E-state index in [0.717, 1.165) is 0 Å². The van der Waals surface area contributed by atoms with E-state index < -0.39 is 18.0 Å². The number of likely N-dealkylation sites (N-methyl/N-ethyl adjacent to an activating group) is 1. The summed E-state index contributed by atoms with van der Waals surface area (Å²) in [5.74, 6) is -0.611. The molecule has 1 atom stereocenters. The Morgan fingerprint density at radius 3 is 2.23 bits per heavy atom. The second kappa shape index (κ2) is 10.4. The van der Waals surface area contributed by atoms with Crippen LogP contribution in [0.5, 0.6) is 0 Å². The fraction of sp³-hybridized carbons (Fsp3) is 0.471. The maximum Gasteiger partial charge on any atom is 0.321 e. The van der Waals surface area contributed by atoms with Gasteiger partial charge in [-0.1, -0.05) is 43.1 Å². The van der Waals surface area contributed by atoms with Gasteiger partial charge in [0.1, 0.15) is 0 Å². The van der Waals surface area contributed by atoms with Gasteiger partial charge in [0.15, 0.2) is 0 Å². The average molecular weight is 403 g/mol. The van der Waals surface area contributed by atoms with Crippen LogP contribution < -0.4 is 16.0 Å². The van der Waals surface area contributed by atoms with E-state index in [1.165, 1.54) is 4.90 Å². The number of anilines is 1. The molecule has 0 bridgehead atoms. The molecule has 0 heterocycles. The zero-order chi connectivity index (χ0) is 19.9. The molecule has 4 amide bonds. The van der Waals surface area contributed by atoms with Crippen LogP contribution in [0.2, 0.25) is 10.0 Å². The molecule has 1 unspecified atom stereocenters. The number of carbonyl (C=O) groups excluding carboxylic acids is 3. The second-order valence-corrected chi connectivity index (χ2v) is 7.14. The minimum atomic E-state index is -0.688. The average Bonchev–Trinajstić information content (AvgIpc) is 2.55. The highest BCUT2D eigenvalue weighted by molar-refractivity contribution is 6.39. The molecule has 3 N–H and O–H groups in total. The predicted molar refractivity (Wildman–Crippen MR) is 104 cm³/mol. The van der Waals surface area contributed by atoms with Crippen molar-refractivity contribution in [3.63, 3.8) is 0 Å². The van der Waals surface area contributed by atoms with Crippen molar-refractivity contribution < 1.29 is 14.4 Å². The summed E-state index contributed by atoms with van der Waals surface area (Å²) in [6.07, 6.45) is 0. The Morgan fingerprint density at radius 1 is 1.12 bits per heavy atom. The lowest BCUT2D eigenvalue weighted by Crippen LogP contribution is -2.50. The van der Waals surface area contributed by atoms with Gasteiger partial charge in [-0.25, -0.2) is 4.79 Å². The monoisotopic (exact) mass is 402 g/mol. The third-order valence-corrected chi connectivity index (χ3v) is 4.20. The Kier molecular flexibility index (Phi) is 8.84. The third-order valence-electron chi connectivity index (χ3n) is 3.57. The van der Waals surface area contributed by atoms with Crippen LogP contribution >= 0.6 is 23.2 Å². The molecule has 26 heavy (non-hydrogen) atoms. The van der Waals surface area contributed by atoms with Crippen LogP contribution in [0.15, 0.2) is 18.2 Å². The molecule has 0 aromatic heterocycles. The van der Waals surface area contributed by atoms with E-state index in [0.29, 0.717) is 22.3 Å². The number of nitrogens with zero attached hydrogens (tertiary/aromatic N) is 1.